The van der Waals surface area contributed by atoms with Gasteiger partial charge in [-0.05, 0) is 0 Å². The van der Waals surface area contributed by atoms with Crippen LogP contribution in [-0.4, -0.2) is 26.9 Å². The predicted octanol–water partition coefficient (Wildman–Crippen LogP) is 1.83. The van der Waals surface area contributed by atoms with E-state index in [0.29, 0.717) is 0 Å². The number of aliphatic imine (C=N–C) groups is 1. The molecule has 5 aromatic carbocycles. The Hall–Kier alpha value is -3.14. The molecule has 0 aliphatic carbocycles. The van der Waals surface area contributed by atoms with Crippen molar-refractivity contribution in [1.82, 2.24) is 0 Å². The number of rotatable bonds is 7. The molecular formula is C32H27AsINO. The van der Waals surface area contributed by atoms with Gasteiger partial charge in [-0.15, -0.1) is 0 Å². The van der Waals surface area contributed by atoms with Gasteiger partial charge in [0.05, 0.1) is 0 Å². The average molecular weight is 643 g/mol. The van der Waals surface area contributed by atoms with E-state index in [2.05, 4.69) is 115 Å². The molecular weight excluding hydrogens is 616 g/mol. The first-order chi connectivity index (χ1) is 17.3. The molecule has 0 aliphatic heterocycles. The van der Waals surface area contributed by atoms with Crippen molar-refractivity contribution in [1.29, 1.82) is 0 Å². The van der Waals surface area contributed by atoms with Crippen molar-refractivity contribution in [2.75, 3.05) is 7.11 Å². The molecule has 5 aromatic rings. The van der Waals surface area contributed by atoms with Gasteiger partial charge in [-0.2, -0.15) is 0 Å². The molecule has 0 aliphatic rings. The molecule has 0 aromatic heterocycles. The van der Waals surface area contributed by atoms with E-state index in [0.717, 1.165) is 17.0 Å². The summed E-state index contributed by atoms with van der Waals surface area (Å²) in [6.45, 7) is 0. The van der Waals surface area contributed by atoms with E-state index in [4.69, 9.17) is 9.73 Å². The Morgan fingerprint density at radius 1 is 0.556 bits per heavy atom. The second-order valence-corrected chi connectivity index (χ2v) is 15.3. The summed E-state index contributed by atoms with van der Waals surface area (Å²) in [6, 6.07) is 49.6. The standard InChI is InChI=1S/C32H27AsNO.HI/c1-35-31-23-21-30(22-24-31)34-25-26-13-11-12-20-32(26)33(27-14-5-2-6-15-27,28-16-7-3-8-17-28)29-18-9-4-10-19-29;/h2-25H,1H3;1H/q+1;/p-1. The summed E-state index contributed by atoms with van der Waals surface area (Å²) in [7, 11) is 1.68. The number of halogens is 1. The van der Waals surface area contributed by atoms with Gasteiger partial charge in [0.25, 0.3) is 0 Å². The Balaban J connectivity index is 0.00000304. The molecule has 178 valence electrons. The maximum Gasteiger partial charge on any atom is -1.00 e. The van der Waals surface area contributed by atoms with Crippen LogP contribution in [0.3, 0.4) is 0 Å². The van der Waals surface area contributed by atoms with Crippen LogP contribution in [0.25, 0.3) is 0 Å². The first-order valence-electron chi connectivity index (χ1n) is 11.7. The van der Waals surface area contributed by atoms with Gasteiger partial charge in [-0.25, -0.2) is 0 Å². The second kappa shape index (κ2) is 12.2. The Morgan fingerprint density at radius 2 is 1.00 bits per heavy atom. The zero-order valence-corrected chi connectivity index (χ0v) is 24.1. The van der Waals surface area contributed by atoms with Crippen molar-refractivity contribution in [3.63, 3.8) is 0 Å². The van der Waals surface area contributed by atoms with Crippen LogP contribution < -0.4 is 46.1 Å². The van der Waals surface area contributed by atoms with Crippen molar-refractivity contribution < 1.29 is 28.7 Å². The molecule has 36 heavy (non-hydrogen) atoms. The molecule has 2 nitrogen and oxygen atoms in total. The fourth-order valence-electron chi connectivity index (χ4n) is 4.53. The molecule has 0 saturated carbocycles. The summed E-state index contributed by atoms with van der Waals surface area (Å²) >= 11 is -3.11. The SMILES string of the molecule is COc1ccc(N=Cc2ccccc2[As+](c2ccccc2)(c2ccccc2)c2ccccc2)cc1.[I-]. The minimum Gasteiger partial charge on any atom is -1.00 e. The summed E-state index contributed by atoms with van der Waals surface area (Å²) < 4.78 is 10.8. The van der Waals surface area contributed by atoms with Gasteiger partial charge in [-0.3, -0.25) is 0 Å². The number of methoxy groups -OCH3 is 1. The van der Waals surface area contributed by atoms with Gasteiger partial charge in [-0.1, -0.05) is 0 Å². The molecule has 0 N–H and O–H groups in total. The van der Waals surface area contributed by atoms with Crippen molar-refractivity contribution in [3.8, 4) is 5.75 Å². The molecule has 0 bridgehead atoms. The molecule has 0 atom stereocenters. The Bertz CT molecular complexity index is 1310. The number of benzene rings is 5. The summed E-state index contributed by atoms with van der Waals surface area (Å²) in [5.74, 6) is 0.828. The summed E-state index contributed by atoms with van der Waals surface area (Å²) in [6.07, 6.45) is 2.02. The van der Waals surface area contributed by atoms with E-state index in [1.165, 1.54) is 17.4 Å². The third-order valence-corrected chi connectivity index (χ3v) is 15.3. The Kier molecular flexibility index (Phi) is 8.79. The molecule has 0 unspecified atom stereocenters. The molecule has 0 heterocycles. The maximum absolute atomic E-state index is 5.30. The molecule has 5 rings (SSSR count). The van der Waals surface area contributed by atoms with E-state index in [1.807, 2.05) is 30.5 Å². The Morgan fingerprint density at radius 3 is 1.47 bits per heavy atom. The van der Waals surface area contributed by atoms with Crippen LogP contribution in [0, 0.1) is 0 Å². The molecule has 4 heteroatoms. The van der Waals surface area contributed by atoms with Gasteiger partial charge in [0, 0.05) is 0 Å². The van der Waals surface area contributed by atoms with Crippen LogP contribution in [0.15, 0.2) is 145 Å². The zero-order chi connectivity index (χ0) is 23.9. The van der Waals surface area contributed by atoms with E-state index < -0.39 is 13.6 Å². The topological polar surface area (TPSA) is 21.6 Å². The molecule has 0 amide bonds. The van der Waals surface area contributed by atoms with Crippen LogP contribution in [0.2, 0.25) is 0 Å². The van der Waals surface area contributed by atoms with Gasteiger partial charge in [0.1, 0.15) is 0 Å². The number of hydrogen-bond acceptors (Lipinski definition) is 2. The normalized spacial score (nSPS) is 11.1. The second-order valence-electron chi connectivity index (χ2n) is 8.19. The maximum atomic E-state index is 5.30. The third kappa shape index (κ3) is 5.18. The smallest absolute Gasteiger partial charge is 1.00 e. The van der Waals surface area contributed by atoms with Crippen molar-refractivity contribution in [2.45, 2.75) is 0 Å². The Labute approximate surface area is 233 Å². The van der Waals surface area contributed by atoms with Gasteiger partial charge >= 0.3 is 211 Å². The van der Waals surface area contributed by atoms with Crippen molar-refractivity contribution in [2.24, 2.45) is 4.99 Å². The van der Waals surface area contributed by atoms with Crippen LogP contribution in [0.4, 0.5) is 5.69 Å². The van der Waals surface area contributed by atoms with Gasteiger partial charge in [0.15, 0.2) is 0 Å². The molecule has 0 fully saturated rings. The third-order valence-electron chi connectivity index (χ3n) is 6.15. The quantitative estimate of drug-likeness (QED) is 0.151. The number of nitrogens with zero attached hydrogens (tertiary/aromatic N) is 1. The van der Waals surface area contributed by atoms with Gasteiger partial charge in [0.2, 0.25) is 0 Å². The molecule has 0 spiro atoms. The van der Waals surface area contributed by atoms with E-state index in [1.54, 1.807) is 7.11 Å². The average Bonchev–Trinajstić information content (AvgIpc) is 2.95. The van der Waals surface area contributed by atoms with Crippen LogP contribution in [-0.2, 0) is 0 Å². The monoisotopic (exact) mass is 643 g/mol. The summed E-state index contributed by atoms with van der Waals surface area (Å²) in [5, 5.41) is 0. The predicted molar refractivity (Wildman–Crippen MR) is 150 cm³/mol. The van der Waals surface area contributed by atoms with Gasteiger partial charge < -0.3 is 24.0 Å². The fourth-order valence-corrected chi connectivity index (χ4v) is 13.8. The first kappa shape index (κ1) is 25.9. The van der Waals surface area contributed by atoms with Crippen LogP contribution >= 0.6 is 0 Å². The van der Waals surface area contributed by atoms with Crippen molar-refractivity contribution >= 4 is 42.9 Å². The first-order valence-corrected chi connectivity index (χ1v) is 15.4. The fraction of sp³-hybridized carbons (Fsp3) is 0.0312. The minimum atomic E-state index is -3.11. The van der Waals surface area contributed by atoms with E-state index in [9.17, 15) is 0 Å². The molecule has 0 radical (unpaired) electrons. The summed E-state index contributed by atoms with van der Waals surface area (Å²) in [4.78, 5) is 4.85. The minimum absolute atomic E-state index is 0. The number of ether oxygens (including phenoxy) is 1. The number of hydrogen-bond donors (Lipinski definition) is 0. The summed E-state index contributed by atoms with van der Waals surface area (Å²) in [5.41, 5.74) is 2.04. The molecule has 0 saturated heterocycles. The van der Waals surface area contributed by atoms with Crippen molar-refractivity contribution in [3.05, 3.63) is 145 Å². The largest absolute Gasteiger partial charge is 1.00 e. The van der Waals surface area contributed by atoms with Crippen LogP contribution in [0.5, 0.6) is 5.75 Å². The zero-order valence-electron chi connectivity index (χ0n) is 20.0. The van der Waals surface area contributed by atoms with E-state index >= 15 is 0 Å². The van der Waals surface area contributed by atoms with Crippen LogP contribution in [0.1, 0.15) is 5.56 Å². The van der Waals surface area contributed by atoms with E-state index in [-0.39, 0.29) is 24.0 Å².